The molecule has 3 heteroatoms. The largest absolute Gasteiger partial charge is 0.496 e. The molecule has 2 bridgehead atoms. The minimum atomic E-state index is 0.287. The first-order valence-electron chi connectivity index (χ1n) is 7.30. The second-order valence-electron chi connectivity index (χ2n) is 5.97. The lowest BCUT2D eigenvalue weighted by Crippen LogP contribution is -2.25. The van der Waals surface area contributed by atoms with Crippen LogP contribution in [0.25, 0.3) is 0 Å². The number of amides is 1. The Balaban J connectivity index is 1.88. The third-order valence-corrected chi connectivity index (χ3v) is 5.06. The first-order chi connectivity index (χ1) is 9.29. The lowest BCUT2D eigenvalue weighted by atomic mass is 9.89. The molecular formula is C16H19NO2. The van der Waals surface area contributed by atoms with E-state index in [1.165, 1.54) is 36.1 Å². The Morgan fingerprint density at radius 1 is 1.21 bits per heavy atom. The fourth-order valence-electron chi connectivity index (χ4n) is 4.28. The van der Waals surface area contributed by atoms with Gasteiger partial charge in [0.05, 0.1) is 7.11 Å². The van der Waals surface area contributed by atoms with E-state index in [4.69, 9.17) is 4.74 Å². The quantitative estimate of drug-likeness (QED) is 0.814. The third-order valence-electron chi connectivity index (χ3n) is 5.06. The van der Waals surface area contributed by atoms with Gasteiger partial charge in [-0.2, -0.15) is 0 Å². The molecule has 0 spiro atoms. The van der Waals surface area contributed by atoms with Crippen molar-refractivity contribution in [1.29, 1.82) is 0 Å². The van der Waals surface area contributed by atoms with Crippen molar-refractivity contribution < 1.29 is 9.53 Å². The molecule has 2 unspecified atom stereocenters. The summed E-state index contributed by atoms with van der Waals surface area (Å²) in [6.07, 6.45) is 5.51. The third kappa shape index (κ3) is 1.47. The molecule has 100 valence electrons. The van der Waals surface area contributed by atoms with Crippen LogP contribution in [-0.4, -0.2) is 19.6 Å². The van der Waals surface area contributed by atoms with Crippen LogP contribution in [0.15, 0.2) is 12.1 Å². The van der Waals surface area contributed by atoms with E-state index >= 15 is 0 Å². The van der Waals surface area contributed by atoms with Gasteiger partial charge in [-0.1, -0.05) is 0 Å². The molecule has 1 aromatic rings. The number of hydrogen-bond donors (Lipinski definition) is 0. The SMILES string of the molecule is COc1ccc(N2CCCC2=O)c2c1C1CCC2C1. The standard InChI is InChI=1S/C16H19NO2/c1-19-13-7-6-12(17-8-2-3-14(17)18)15-10-4-5-11(9-10)16(13)15/h6-7,10-11H,2-5,8-9H2,1H3. The molecule has 1 saturated heterocycles. The zero-order chi connectivity index (χ0) is 13.0. The molecule has 2 aliphatic carbocycles. The van der Waals surface area contributed by atoms with Gasteiger partial charge in [-0.05, 0) is 55.2 Å². The molecule has 4 rings (SSSR count). The number of nitrogens with zero attached hydrogens (tertiary/aromatic N) is 1. The Labute approximate surface area is 113 Å². The van der Waals surface area contributed by atoms with Gasteiger partial charge in [0, 0.05) is 24.2 Å². The van der Waals surface area contributed by atoms with Crippen LogP contribution < -0.4 is 9.64 Å². The Bertz CT molecular complexity index is 552. The van der Waals surface area contributed by atoms with Gasteiger partial charge in [0.1, 0.15) is 5.75 Å². The molecule has 0 radical (unpaired) electrons. The van der Waals surface area contributed by atoms with E-state index in [0.29, 0.717) is 18.3 Å². The minimum Gasteiger partial charge on any atom is -0.496 e. The molecule has 0 aromatic heterocycles. The maximum atomic E-state index is 12.0. The number of carbonyl (C=O) groups excluding carboxylic acids is 1. The van der Waals surface area contributed by atoms with E-state index < -0.39 is 0 Å². The average Bonchev–Trinajstić information content (AvgIpc) is 3.13. The Morgan fingerprint density at radius 3 is 2.68 bits per heavy atom. The highest BCUT2D eigenvalue weighted by molar-refractivity contribution is 5.96. The van der Waals surface area contributed by atoms with Crippen molar-refractivity contribution in [2.75, 3.05) is 18.6 Å². The Kier molecular flexibility index (Phi) is 2.38. The summed E-state index contributed by atoms with van der Waals surface area (Å²) >= 11 is 0. The van der Waals surface area contributed by atoms with Crippen LogP contribution in [0.2, 0.25) is 0 Å². The average molecular weight is 257 g/mol. The normalized spacial score (nSPS) is 28.1. The maximum Gasteiger partial charge on any atom is 0.227 e. The van der Waals surface area contributed by atoms with E-state index in [0.717, 1.165) is 18.7 Å². The van der Waals surface area contributed by atoms with Gasteiger partial charge in [0.15, 0.2) is 0 Å². The van der Waals surface area contributed by atoms with E-state index in [9.17, 15) is 4.79 Å². The molecule has 2 atom stereocenters. The molecule has 3 aliphatic rings. The summed E-state index contributed by atoms with van der Waals surface area (Å²) in [5, 5.41) is 0. The van der Waals surface area contributed by atoms with Crippen LogP contribution in [0.3, 0.4) is 0 Å². The number of methoxy groups -OCH3 is 1. The molecule has 2 fully saturated rings. The van der Waals surface area contributed by atoms with Crippen molar-refractivity contribution in [2.24, 2.45) is 0 Å². The number of fused-ring (bicyclic) bond motifs is 5. The second-order valence-corrected chi connectivity index (χ2v) is 5.97. The fourth-order valence-corrected chi connectivity index (χ4v) is 4.28. The highest BCUT2D eigenvalue weighted by Gasteiger charge is 2.42. The van der Waals surface area contributed by atoms with E-state index in [1.807, 2.05) is 4.90 Å². The fraction of sp³-hybridized carbons (Fsp3) is 0.562. The van der Waals surface area contributed by atoms with Crippen molar-refractivity contribution in [3.05, 3.63) is 23.3 Å². The number of rotatable bonds is 2. The Hall–Kier alpha value is -1.51. The first-order valence-corrected chi connectivity index (χ1v) is 7.30. The van der Waals surface area contributed by atoms with Crippen molar-refractivity contribution in [2.45, 2.75) is 43.9 Å². The summed E-state index contributed by atoms with van der Waals surface area (Å²) in [6, 6.07) is 4.15. The first kappa shape index (κ1) is 11.3. The van der Waals surface area contributed by atoms with Gasteiger partial charge in [-0.3, -0.25) is 4.79 Å². The van der Waals surface area contributed by atoms with Crippen LogP contribution >= 0.6 is 0 Å². The highest BCUT2D eigenvalue weighted by Crippen LogP contribution is 2.58. The van der Waals surface area contributed by atoms with Gasteiger partial charge >= 0.3 is 0 Å². The van der Waals surface area contributed by atoms with Crippen molar-refractivity contribution >= 4 is 11.6 Å². The van der Waals surface area contributed by atoms with Crippen LogP contribution in [0.4, 0.5) is 5.69 Å². The number of anilines is 1. The van der Waals surface area contributed by atoms with Gasteiger partial charge < -0.3 is 9.64 Å². The summed E-state index contributed by atoms with van der Waals surface area (Å²) in [7, 11) is 1.75. The number of ether oxygens (including phenoxy) is 1. The minimum absolute atomic E-state index is 0.287. The van der Waals surface area contributed by atoms with E-state index in [2.05, 4.69) is 12.1 Å². The molecule has 1 saturated carbocycles. The second kappa shape index (κ2) is 3.99. The summed E-state index contributed by atoms with van der Waals surface area (Å²) in [5.41, 5.74) is 3.99. The summed E-state index contributed by atoms with van der Waals surface area (Å²) < 4.78 is 5.55. The van der Waals surface area contributed by atoms with Crippen LogP contribution in [0, 0.1) is 0 Å². The maximum absolute atomic E-state index is 12.0. The lowest BCUT2D eigenvalue weighted by Gasteiger charge is -2.26. The van der Waals surface area contributed by atoms with Crippen LogP contribution in [0.1, 0.15) is 55.1 Å². The monoisotopic (exact) mass is 257 g/mol. The van der Waals surface area contributed by atoms with Crippen molar-refractivity contribution in [1.82, 2.24) is 0 Å². The van der Waals surface area contributed by atoms with Crippen molar-refractivity contribution in [3.8, 4) is 5.75 Å². The molecule has 1 aromatic carbocycles. The van der Waals surface area contributed by atoms with E-state index in [1.54, 1.807) is 7.11 Å². The number of carbonyl (C=O) groups is 1. The summed E-state index contributed by atoms with van der Waals surface area (Å²) in [5.74, 6) is 2.62. The van der Waals surface area contributed by atoms with Gasteiger partial charge in [0.25, 0.3) is 0 Å². The Morgan fingerprint density at radius 2 is 2.00 bits per heavy atom. The molecule has 19 heavy (non-hydrogen) atoms. The van der Waals surface area contributed by atoms with Gasteiger partial charge in [0.2, 0.25) is 5.91 Å². The molecule has 1 aliphatic heterocycles. The molecule has 3 nitrogen and oxygen atoms in total. The summed E-state index contributed by atoms with van der Waals surface area (Å²) in [6.45, 7) is 0.884. The molecule has 0 N–H and O–H groups in total. The van der Waals surface area contributed by atoms with Crippen LogP contribution in [-0.2, 0) is 4.79 Å². The van der Waals surface area contributed by atoms with Crippen LogP contribution in [0.5, 0.6) is 5.75 Å². The predicted molar refractivity (Wildman–Crippen MR) is 73.9 cm³/mol. The topological polar surface area (TPSA) is 29.5 Å². The van der Waals surface area contributed by atoms with Gasteiger partial charge in [-0.15, -0.1) is 0 Å². The molecule has 1 heterocycles. The number of benzene rings is 1. The molecule has 1 amide bonds. The highest BCUT2D eigenvalue weighted by atomic mass is 16.5. The smallest absolute Gasteiger partial charge is 0.227 e. The molecular weight excluding hydrogens is 238 g/mol. The zero-order valence-electron chi connectivity index (χ0n) is 11.3. The summed E-state index contributed by atoms with van der Waals surface area (Å²) in [4.78, 5) is 14.0. The van der Waals surface area contributed by atoms with E-state index in [-0.39, 0.29) is 5.91 Å². The number of hydrogen-bond acceptors (Lipinski definition) is 2. The van der Waals surface area contributed by atoms with Gasteiger partial charge in [-0.25, -0.2) is 0 Å². The predicted octanol–water partition coefficient (Wildman–Crippen LogP) is 3.19. The lowest BCUT2D eigenvalue weighted by molar-refractivity contribution is -0.117. The van der Waals surface area contributed by atoms with Crippen molar-refractivity contribution in [3.63, 3.8) is 0 Å². The zero-order valence-corrected chi connectivity index (χ0v) is 11.3.